The number of nitrogens with two attached hydrogens (primary N) is 1. The van der Waals surface area contributed by atoms with E-state index >= 15 is 0 Å². The first-order valence-electron chi connectivity index (χ1n) is 5.65. The molecule has 0 saturated carbocycles. The van der Waals surface area contributed by atoms with Crippen LogP contribution >= 0.6 is 0 Å². The summed E-state index contributed by atoms with van der Waals surface area (Å²) in [7, 11) is 1.68. The molecule has 0 radical (unpaired) electrons. The molecule has 0 fully saturated rings. The number of hydrogen-bond acceptors (Lipinski definition) is 4. The minimum absolute atomic E-state index is 0.180. The molecule has 1 aromatic rings. The normalized spacial score (nSPS) is 13.1. The summed E-state index contributed by atoms with van der Waals surface area (Å²) < 4.78 is 5.10. The molecule has 1 unspecified atom stereocenters. The van der Waals surface area contributed by atoms with E-state index in [4.69, 9.17) is 10.5 Å². The second-order valence-electron chi connectivity index (χ2n) is 4.60. The Bertz CT molecular complexity index is 339. The molecule has 4 heteroatoms. The van der Waals surface area contributed by atoms with E-state index in [1.54, 1.807) is 7.11 Å². The highest BCUT2D eigenvalue weighted by atomic mass is 16.5. The van der Waals surface area contributed by atoms with Crippen LogP contribution in [0.1, 0.15) is 38.2 Å². The molecular weight excluding hydrogens is 202 g/mol. The molecule has 0 amide bonds. The number of anilines is 1. The number of rotatable bonds is 5. The lowest BCUT2D eigenvalue weighted by atomic mass is 10.1. The minimum atomic E-state index is 0.180. The average molecular weight is 223 g/mol. The van der Waals surface area contributed by atoms with Gasteiger partial charge in [-0.05, 0) is 12.3 Å². The molecule has 0 aliphatic carbocycles. The zero-order valence-electron chi connectivity index (χ0n) is 10.5. The Labute approximate surface area is 97.2 Å². The summed E-state index contributed by atoms with van der Waals surface area (Å²) in [6.45, 7) is 6.98. The van der Waals surface area contributed by atoms with Crippen LogP contribution in [0.3, 0.4) is 0 Å². The summed E-state index contributed by atoms with van der Waals surface area (Å²) in [6.07, 6.45) is 0.930. The van der Waals surface area contributed by atoms with Gasteiger partial charge in [-0.1, -0.05) is 20.8 Å². The molecular formula is C12H21N3O. The van der Waals surface area contributed by atoms with Crippen molar-refractivity contribution in [3.8, 4) is 0 Å². The Balaban J connectivity index is 2.89. The van der Waals surface area contributed by atoms with Crippen molar-refractivity contribution in [1.29, 1.82) is 0 Å². The van der Waals surface area contributed by atoms with E-state index < -0.39 is 0 Å². The predicted molar refractivity (Wildman–Crippen MR) is 65.3 cm³/mol. The molecule has 2 N–H and O–H groups in total. The monoisotopic (exact) mass is 223 g/mol. The van der Waals surface area contributed by atoms with Crippen LogP contribution in [0.4, 0.5) is 5.82 Å². The van der Waals surface area contributed by atoms with E-state index in [1.807, 2.05) is 13.0 Å². The number of ether oxygens (including phenoxy) is 1. The van der Waals surface area contributed by atoms with Gasteiger partial charge in [0, 0.05) is 24.8 Å². The summed E-state index contributed by atoms with van der Waals surface area (Å²) in [6, 6.07) is 1.85. The third kappa shape index (κ3) is 3.77. The maximum Gasteiger partial charge on any atom is 0.136 e. The molecule has 0 aliphatic heterocycles. The molecule has 1 heterocycles. The Morgan fingerprint density at radius 3 is 2.56 bits per heavy atom. The fraction of sp³-hybridized carbons (Fsp3) is 0.667. The van der Waals surface area contributed by atoms with Crippen LogP contribution in [0.2, 0.25) is 0 Å². The second-order valence-corrected chi connectivity index (χ2v) is 4.60. The fourth-order valence-electron chi connectivity index (χ4n) is 1.61. The van der Waals surface area contributed by atoms with Crippen molar-refractivity contribution in [2.75, 3.05) is 19.5 Å². The van der Waals surface area contributed by atoms with Gasteiger partial charge in [-0.2, -0.15) is 0 Å². The van der Waals surface area contributed by atoms with Crippen molar-refractivity contribution in [1.82, 2.24) is 9.97 Å². The van der Waals surface area contributed by atoms with Crippen LogP contribution in [0.25, 0.3) is 0 Å². The smallest absolute Gasteiger partial charge is 0.136 e. The van der Waals surface area contributed by atoms with E-state index in [-0.39, 0.29) is 5.92 Å². The molecule has 0 bridgehead atoms. The first-order valence-corrected chi connectivity index (χ1v) is 5.65. The van der Waals surface area contributed by atoms with Gasteiger partial charge in [0.1, 0.15) is 11.6 Å². The van der Waals surface area contributed by atoms with Gasteiger partial charge in [0.2, 0.25) is 0 Å². The summed E-state index contributed by atoms with van der Waals surface area (Å²) in [5, 5.41) is 0. The topological polar surface area (TPSA) is 61.0 Å². The van der Waals surface area contributed by atoms with Crippen molar-refractivity contribution in [3.63, 3.8) is 0 Å². The first-order chi connectivity index (χ1) is 7.52. The van der Waals surface area contributed by atoms with Gasteiger partial charge in [-0.25, -0.2) is 9.97 Å². The zero-order chi connectivity index (χ0) is 12.1. The lowest BCUT2D eigenvalue weighted by Crippen LogP contribution is -2.11. The highest BCUT2D eigenvalue weighted by Crippen LogP contribution is 2.15. The molecule has 0 aromatic carbocycles. The summed E-state index contributed by atoms with van der Waals surface area (Å²) in [5.41, 5.74) is 6.79. The van der Waals surface area contributed by atoms with E-state index in [2.05, 4.69) is 23.8 Å². The van der Waals surface area contributed by atoms with Gasteiger partial charge in [-0.3, -0.25) is 0 Å². The van der Waals surface area contributed by atoms with Gasteiger partial charge in [0.15, 0.2) is 0 Å². The Kier molecular flexibility index (Phi) is 4.68. The Morgan fingerprint density at radius 1 is 1.31 bits per heavy atom. The number of methoxy groups -OCH3 is 1. The Hall–Kier alpha value is -1.16. The van der Waals surface area contributed by atoms with Gasteiger partial charge in [-0.15, -0.1) is 0 Å². The van der Waals surface area contributed by atoms with Crippen molar-refractivity contribution in [3.05, 3.63) is 17.6 Å². The van der Waals surface area contributed by atoms with Gasteiger partial charge in [0.05, 0.1) is 6.61 Å². The van der Waals surface area contributed by atoms with Crippen molar-refractivity contribution < 1.29 is 4.74 Å². The number of aromatic nitrogens is 2. The van der Waals surface area contributed by atoms with E-state index in [0.717, 1.165) is 17.9 Å². The van der Waals surface area contributed by atoms with Gasteiger partial charge < -0.3 is 10.5 Å². The zero-order valence-corrected chi connectivity index (χ0v) is 10.5. The maximum absolute atomic E-state index is 5.78. The molecule has 1 atom stereocenters. The van der Waals surface area contributed by atoms with Gasteiger partial charge in [0.25, 0.3) is 0 Å². The summed E-state index contributed by atoms with van der Waals surface area (Å²) in [4.78, 5) is 8.77. The molecule has 16 heavy (non-hydrogen) atoms. The molecule has 4 nitrogen and oxygen atoms in total. The largest absolute Gasteiger partial charge is 0.384 e. The third-order valence-corrected chi connectivity index (χ3v) is 2.29. The van der Waals surface area contributed by atoms with Crippen molar-refractivity contribution >= 4 is 5.82 Å². The van der Waals surface area contributed by atoms with Crippen molar-refractivity contribution in [2.45, 2.75) is 33.1 Å². The molecule has 1 rings (SSSR count). The lowest BCUT2D eigenvalue weighted by molar-refractivity contribution is 0.181. The molecule has 0 saturated heterocycles. The quantitative estimate of drug-likeness (QED) is 0.829. The van der Waals surface area contributed by atoms with Crippen LogP contribution < -0.4 is 5.73 Å². The van der Waals surface area contributed by atoms with E-state index in [0.29, 0.717) is 18.3 Å². The molecule has 0 aliphatic rings. The van der Waals surface area contributed by atoms with E-state index in [9.17, 15) is 0 Å². The van der Waals surface area contributed by atoms with Crippen molar-refractivity contribution in [2.24, 2.45) is 5.92 Å². The Morgan fingerprint density at radius 2 is 2.00 bits per heavy atom. The number of nitrogen functional groups attached to an aromatic ring is 1. The molecule has 1 aromatic heterocycles. The fourth-order valence-corrected chi connectivity index (χ4v) is 1.61. The highest BCUT2D eigenvalue weighted by molar-refractivity contribution is 5.30. The first kappa shape index (κ1) is 12.9. The predicted octanol–water partition coefficient (Wildman–Crippen LogP) is 2.01. The lowest BCUT2D eigenvalue weighted by Gasteiger charge is -2.12. The highest BCUT2D eigenvalue weighted by Gasteiger charge is 2.11. The van der Waals surface area contributed by atoms with Crippen LogP contribution in [0.5, 0.6) is 0 Å². The molecule has 0 spiro atoms. The van der Waals surface area contributed by atoms with Crippen LogP contribution in [-0.4, -0.2) is 23.7 Å². The second kappa shape index (κ2) is 5.80. The SMILES string of the molecule is COCC(C)c1nc(N)cc(CC(C)C)n1. The summed E-state index contributed by atoms with van der Waals surface area (Å²) >= 11 is 0. The van der Waals surface area contributed by atoms with Gasteiger partial charge >= 0.3 is 0 Å². The standard InChI is InChI=1S/C12H21N3O/c1-8(2)5-10-6-11(13)15-12(14-10)9(3)7-16-4/h6,8-9H,5,7H2,1-4H3,(H2,13,14,15). The van der Waals surface area contributed by atoms with Crippen LogP contribution in [0.15, 0.2) is 6.07 Å². The molecule has 90 valence electrons. The number of hydrogen-bond donors (Lipinski definition) is 1. The average Bonchev–Trinajstić information content (AvgIpc) is 2.15. The van der Waals surface area contributed by atoms with E-state index in [1.165, 1.54) is 0 Å². The van der Waals surface area contributed by atoms with Crippen LogP contribution in [-0.2, 0) is 11.2 Å². The summed E-state index contributed by atoms with van der Waals surface area (Å²) in [5.74, 6) is 2.07. The maximum atomic E-state index is 5.78. The number of nitrogens with zero attached hydrogens (tertiary/aromatic N) is 2. The minimum Gasteiger partial charge on any atom is -0.384 e. The van der Waals surface area contributed by atoms with Crippen LogP contribution in [0, 0.1) is 5.92 Å². The third-order valence-electron chi connectivity index (χ3n) is 2.29.